The molecular weight excluding hydrogens is 386 g/mol. The first-order chi connectivity index (χ1) is 13.2. The molecule has 0 unspecified atom stereocenters. The first kappa shape index (κ1) is 18.0. The second kappa shape index (κ2) is 8.11. The third-order valence-electron chi connectivity index (χ3n) is 3.96. The number of aromatic nitrogens is 5. The smallest absolute Gasteiger partial charge is 0.240 e. The number of carbonyl (C=O) groups excluding carboxylic acids is 1. The first-order valence-corrected chi connectivity index (χ1v) is 10.2. The first-order valence-electron chi connectivity index (χ1n) is 8.43. The van der Waals surface area contributed by atoms with Crippen LogP contribution in [0.5, 0.6) is 0 Å². The van der Waals surface area contributed by atoms with Gasteiger partial charge in [0.05, 0.1) is 12.5 Å². The fraction of sp³-hybridized carbons (Fsp3) is 0.375. The maximum atomic E-state index is 12.1. The van der Waals surface area contributed by atoms with Gasteiger partial charge in [0.2, 0.25) is 22.8 Å². The monoisotopic (exact) mass is 403 g/mol. The molecule has 27 heavy (non-hydrogen) atoms. The second-order valence-electron chi connectivity index (χ2n) is 5.94. The van der Waals surface area contributed by atoms with E-state index in [-0.39, 0.29) is 11.8 Å². The van der Waals surface area contributed by atoms with Crippen molar-refractivity contribution in [3.63, 3.8) is 0 Å². The summed E-state index contributed by atoms with van der Waals surface area (Å²) < 4.78 is 6.22. The van der Waals surface area contributed by atoms with Crippen LogP contribution in [0.1, 0.15) is 18.7 Å². The molecule has 3 aromatic heterocycles. The average Bonchev–Trinajstić information content (AvgIpc) is 3.29. The van der Waals surface area contributed by atoms with E-state index in [1.54, 1.807) is 24.2 Å². The number of anilines is 1. The lowest BCUT2D eigenvalue weighted by atomic mass is 10.0. The highest BCUT2D eigenvalue weighted by Crippen LogP contribution is 2.28. The van der Waals surface area contributed by atoms with Crippen molar-refractivity contribution >= 4 is 34.1 Å². The normalized spacial score (nSPS) is 14.9. The Morgan fingerprint density at radius 3 is 3.11 bits per heavy atom. The fourth-order valence-electron chi connectivity index (χ4n) is 2.67. The third kappa shape index (κ3) is 4.31. The molecule has 140 valence electrons. The molecule has 3 aromatic rings. The maximum absolute atomic E-state index is 12.1. The molecule has 4 rings (SSSR count). The van der Waals surface area contributed by atoms with Crippen molar-refractivity contribution in [3.05, 3.63) is 30.4 Å². The van der Waals surface area contributed by atoms with Crippen LogP contribution in [0.15, 0.2) is 33.4 Å². The van der Waals surface area contributed by atoms with Crippen molar-refractivity contribution in [2.75, 3.05) is 30.7 Å². The van der Waals surface area contributed by atoms with Gasteiger partial charge < -0.3 is 4.52 Å². The van der Waals surface area contributed by atoms with E-state index in [9.17, 15) is 4.79 Å². The molecule has 0 atom stereocenters. The molecule has 4 heterocycles. The molecule has 1 aliphatic heterocycles. The summed E-state index contributed by atoms with van der Waals surface area (Å²) in [6.45, 7) is 3.76. The highest BCUT2D eigenvalue weighted by Gasteiger charge is 2.33. The van der Waals surface area contributed by atoms with Gasteiger partial charge in [-0.15, -0.1) is 10.2 Å². The summed E-state index contributed by atoms with van der Waals surface area (Å²) in [5, 5.41) is 15.3. The van der Waals surface area contributed by atoms with Gasteiger partial charge in [-0.2, -0.15) is 4.98 Å². The summed E-state index contributed by atoms with van der Waals surface area (Å²) in [5.41, 5.74) is 0.820. The lowest BCUT2D eigenvalue weighted by molar-refractivity contribution is -0.118. The topological polar surface area (TPSA) is 110 Å². The van der Waals surface area contributed by atoms with E-state index in [0.717, 1.165) is 15.7 Å². The highest BCUT2D eigenvalue weighted by molar-refractivity contribution is 8.01. The summed E-state index contributed by atoms with van der Waals surface area (Å²) >= 11 is 3.00. The van der Waals surface area contributed by atoms with Gasteiger partial charge in [0, 0.05) is 31.0 Å². The van der Waals surface area contributed by atoms with Gasteiger partial charge in [-0.1, -0.05) is 35.2 Å². The number of likely N-dealkylation sites (tertiary alicyclic amines) is 1. The number of nitrogens with zero attached hydrogens (tertiary/aromatic N) is 6. The van der Waals surface area contributed by atoms with E-state index in [4.69, 9.17) is 4.52 Å². The molecule has 1 N–H and O–H groups in total. The Hall–Kier alpha value is -2.37. The van der Waals surface area contributed by atoms with Crippen molar-refractivity contribution in [2.45, 2.75) is 17.2 Å². The summed E-state index contributed by atoms with van der Waals surface area (Å²) in [5.74, 6) is 2.10. The summed E-state index contributed by atoms with van der Waals surface area (Å²) in [6, 6.07) is 3.72. The Morgan fingerprint density at radius 1 is 1.44 bits per heavy atom. The average molecular weight is 403 g/mol. The van der Waals surface area contributed by atoms with Gasteiger partial charge in [0.1, 0.15) is 0 Å². The molecule has 11 heteroatoms. The minimum absolute atomic E-state index is 0.0979. The van der Waals surface area contributed by atoms with E-state index >= 15 is 0 Å². The van der Waals surface area contributed by atoms with Crippen LogP contribution < -0.4 is 5.32 Å². The third-order valence-corrected chi connectivity index (χ3v) is 5.81. The van der Waals surface area contributed by atoms with Crippen LogP contribution in [0.2, 0.25) is 0 Å². The molecule has 0 bridgehead atoms. The number of rotatable bonds is 7. The number of hydrogen-bond acceptors (Lipinski definition) is 10. The Labute approximate surface area is 163 Å². The van der Waals surface area contributed by atoms with E-state index in [1.165, 1.54) is 11.3 Å². The molecule has 9 nitrogen and oxygen atoms in total. The molecular formula is C16H17N7O2S2. The van der Waals surface area contributed by atoms with E-state index in [0.29, 0.717) is 36.5 Å². The van der Waals surface area contributed by atoms with Gasteiger partial charge in [-0.3, -0.25) is 20.0 Å². The number of thioether (sulfide) groups is 1. The maximum Gasteiger partial charge on any atom is 0.240 e. The molecule has 0 radical (unpaired) electrons. The molecule has 0 saturated carbocycles. The van der Waals surface area contributed by atoms with E-state index in [2.05, 4.69) is 30.6 Å². The minimum Gasteiger partial charge on any atom is -0.339 e. The molecule has 1 aliphatic rings. The lowest BCUT2D eigenvalue weighted by Crippen LogP contribution is -2.48. The molecule has 1 saturated heterocycles. The Morgan fingerprint density at radius 2 is 2.33 bits per heavy atom. The minimum atomic E-state index is -0.0979. The number of nitrogens with one attached hydrogen (secondary N) is 1. The molecule has 0 aliphatic carbocycles. The number of carbonyl (C=O) groups is 1. The Bertz CT molecular complexity index is 908. The highest BCUT2D eigenvalue weighted by atomic mass is 32.2. The van der Waals surface area contributed by atoms with Crippen LogP contribution in [0.25, 0.3) is 11.4 Å². The number of pyridine rings is 1. The van der Waals surface area contributed by atoms with Crippen LogP contribution in [0.3, 0.4) is 0 Å². The largest absolute Gasteiger partial charge is 0.339 e. The quantitative estimate of drug-likeness (QED) is 0.468. The SMILES string of the molecule is CCSc1nnc(NC(=O)CN2CC(c3nc(-c4cccnc4)no3)C2)s1. The number of amides is 1. The van der Waals surface area contributed by atoms with Crippen LogP contribution in [-0.4, -0.2) is 61.5 Å². The summed E-state index contributed by atoms with van der Waals surface area (Å²) in [7, 11) is 0. The zero-order valence-electron chi connectivity index (χ0n) is 14.5. The summed E-state index contributed by atoms with van der Waals surface area (Å²) in [4.78, 5) is 22.7. The van der Waals surface area contributed by atoms with Crippen LogP contribution in [0.4, 0.5) is 5.13 Å². The van der Waals surface area contributed by atoms with Gasteiger partial charge in [-0.05, 0) is 17.9 Å². The molecule has 0 spiro atoms. The van der Waals surface area contributed by atoms with Crippen molar-refractivity contribution in [3.8, 4) is 11.4 Å². The Kier molecular flexibility index (Phi) is 5.41. The van der Waals surface area contributed by atoms with Crippen molar-refractivity contribution in [1.82, 2.24) is 30.2 Å². The van der Waals surface area contributed by atoms with Crippen molar-refractivity contribution in [1.29, 1.82) is 0 Å². The zero-order valence-corrected chi connectivity index (χ0v) is 16.2. The van der Waals surface area contributed by atoms with Crippen molar-refractivity contribution < 1.29 is 9.32 Å². The Balaban J connectivity index is 1.26. The number of hydrogen-bond donors (Lipinski definition) is 1. The standard InChI is InChI=1S/C16H17N7O2S2/c1-2-26-16-21-20-15(27-16)18-12(24)9-23-7-11(8-23)14-19-13(22-25-14)10-4-3-5-17-6-10/h3-6,11H,2,7-9H2,1H3,(H,18,20,24). The molecule has 1 amide bonds. The second-order valence-corrected chi connectivity index (χ2v) is 8.43. The zero-order chi connectivity index (χ0) is 18.6. The van der Waals surface area contributed by atoms with E-state index < -0.39 is 0 Å². The van der Waals surface area contributed by atoms with Crippen LogP contribution >= 0.6 is 23.1 Å². The molecule has 0 aromatic carbocycles. The van der Waals surface area contributed by atoms with Crippen LogP contribution in [0, 0.1) is 0 Å². The lowest BCUT2D eigenvalue weighted by Gasteiger charge is -2.36. The summed E-state index contributed by atoms with van der Waals surface area (Å²) in [6.07, 6.45) is 3.40. The van der Waals surface area contributed by atoms with Gasteiger partial charge in [-0.25, -0.2) is 0 Å². The van der Waals surface area contributed by atoms with Crippen LogP contribution in [-0.2, 0) is 4.79 Å². The predicted octanol–water partition coefficient (Wildman–Crippen LogP) is 2.13. The predicted molar refractivity (Wildman–Crippen MR) is 102 cm³/mol. The van der Waals surface area contributed by atoms with Crippen molar-refractivity contribution in [2.24, 2.45) is 0 Å². The fourth-order valence-corrected chi connectivity index (χ4v) is 4.34. The molecule has 1 fully saturated rings. The van der Waals surface area contributed by atoms with Gasteiger partial charge in [0.15, 0.2) is 4.34 Å². The van der Waals surface area contributed by atoms with Gasteiger partial charge >= 0.3 is 0 Å². The van der Waals surface area contributed by atoms with E-state index in [1.807, 2.05) is 24.0 Å². The van der Waals surface area contributed by atoms with Gasteiger partial charge in [0.25, 0.3) is 0 Å².